The van der Waals surface area contributed by atoms with Crippen LogP contribution in [-0.4, -0.2) is 15.1 Å². The Morgan fingerprint density at radius 1 is 1.57 bits per heavy atom. The number of aromatic amines is 1. The minimum Gasteiger partial charge on any atom is -0.282 e. The SMILES string of the molecule is Cc1[nH]nc2cc(Br)c([N+](=O)[O-])cc12. The zero-order valence-corrected chi connectivity index (χ0v) is 8.83. The first-order valence-corrected chi connectivity index (χ1v) is 4.67. The van der Waals surface area contributed by atoms with Gasteiger partial charge in [-0.2, -0.15) is 5.10 Å². The molecule has 0 aliphatic rings. The molecule has 72 valence electrons. The highest BCUT2D eigenvalue weighted by Gasteiger charge is 2.15. The molecule has 0 aliphatic carbocycles. The van der Waals surface area contributed by atoms with Crippen LogP contribution in [0.3, 0.4) is 0 Å². The van der Waals surface area contributed by atoms with Gasteiger partial charge in [0.2, 0.25) is 0 Å². The van der Waals surface area contributed by atoms with Crippen molar-refractivity contribution >= 4 is 32.5 Å². The van der Waals surface area contributed by atoms with E-state index in [9.17, 15) is 10.1 Å². The summed E-state index contributed by atoms with van der Waals surface area (Å²) in [5, 5.41) is 18.2. The van der Waals surface area contributed by atoms with Gasteiger partial charge >= 0.3 is 0 Å². The highest BCUT2D eigenvalue weighted by molar-refractivity contribution is 9.10. The van der Waals surface area contributed by atoms with Crippen LogP contribution in [0, 0.1) is 17.0 Å². The summed E-state index contributed by atoms with van der Waals surface area (Å²) in [7, 11) is 0. The number of hydrogen-bond donors (Lipinski definition) is 1. The Labute approximate surface area is 87.4 Å². The summed E-state index contributed by atoms with van der Waals surface area (Å²) < 4.78 is 0.446. The Morgan fingerprint density at radius 3 is 2.93 bits per heavy atom. The first-order chi connectivity index (χ1) is 6.59. The van der Waals surface area contributed by atoms with Crippen LogP contribution in [-0.2, 0) is 0 Å². The van der Waals surface area contributed by atoms with Gasteiger partial charge in [0.25, 0.3) is 5.69 Å². The van der Waals surface area contributed by atoms with Gasteiger partial charge in [0.05, 0.1) is 14.9 Å². The quantitative estimate of drug-likeness (QED) is 0.629. The maximum absolute atomic E-state index is 10.6. The summed E-state index contributed by atoms with van der Waals surface area (Å²) in [6.45, 7) is 1.83. The summed E-state index contributed by atoms with van der Waals surface area (Å²) in [4.78, 5) is 10.2. The number of rotatable bonds is 1. The van der Waals surface area contributed by atoms with Crippen molar-refractivity contribution in [2.24, 2.45) is 0 Å². The van der Waals surface area contributed by atoms with E-state index >= 15 is 0 Å². The Hall–Kier alpha value is -1.43. The number of nitrogens with zero attached hydrogens (tertiary/aromatic N) is 2. The molecule has 2 rings (SSSR count). The normalized spacial score (nSPS) is 10.7. The number of halogens is 1. The van der Waals surface area contributed by atoms with Crippen molar-refractivity contribution in [3.63, 3.8) is 0 Å². The fraction of sp³-hybridized carbons (Fsp3) is 0.125. The molecule has 0 spiro atoms. The van der Waals surface area contributed by atoms with Gasteiger partial charge in [-0.25, -0.2) is 0 Å². The summed E-state index contributed by atoms with van der Waals surface area (Å²) in [6, 6.07) is 3.15. The van der Waals surface area contributed by atoms with E-state index in [1.807, 2.05) is 6.92 Å². The molecule has 1 heterocycles. The fourth-order valence-corrected chi connectivity index (χ4v) is 1.76. The molecule has 1 N–H and O–H groups in total. The van der Waals surface area contributed by atoms with Crippen LogP contribution in [0.5, 0.6) is 0 Å². The van der Waals surface area contributed by atoms with Crippen LogP contribution >= 0.6 is 15.9 Å². The summed E-state index contributed by atoms with van der Waals surface area (Å²) in [5.74, 6) is 0. The lowest BCUT2D eigenvalue weighted by Crippen LogP contribution is -1.89. The van der Waals surface area contributed by atoms with Gasteiger partial charge in [0, 0.05) is 17.1 Å². The molecule has 1 aromatic carbocycles. The number of benzene rings is 1. The molecule has 2 aromatic rings. The number of aromatic nitrogens is 2. The molecule has 0 radical (unpaired) electrons. The second-order valence-electron chi connectivity index (χ2n) is 2.93. The number of nitro benzene ring substituents is 1. The van der Waals surface area contributed by atoms with Crippen molar-refractivity contribution in [2.45, 2.75) is 6.92 Å². The zero-order valence-electron chi connectivity index (χ0n) is 7.24. The van der Waals surface area contributed by atoms with Crippen LogP contribution in [0.15, 0.2) is 16.6 Å². The maximum Gasteiger partial charge on any atom is 0.284 e. The summed E-state index contributed by atoms with van der Waals surface area (Å²) in [6.07, 6.45) is 0. The second-order valence-corrected chi connectivity index (χ2v) is 3.78. The Morgan fingerprint density at radius 2 is 2.29 bits per heavy atom. The average molecular weight is 256 g/mol. The predicted molar refractivity (Wildman–Crippen MR) is 55.2 cm³/mol. The zero-order chi connectivity index (χ0) is 10.3. The molecule has 14 heavy (non-hydrogen) atoms. The molecule has 6 heteroatoms. The third-order valence-corrected chi connectivity index (χ3v) is 2.65. The molecule has 0 saturated heterocycles. The van der Waals surface area contributed by atoms with Crippen molar-refractivity contribution < 1.29 is 4.92 Å². The predicted octanol–water partition coefficient (Wildman–Crippen LogP) is 2.54. The lowest BCUT2D eigenvalue weighted by Gasteiger charge is -1.95. The van der Waals surface area contributed by atoms with E-state index in [-0.39, 0.29) is 5.69 Å². The highest BCUT2D eigenvalue weighted by atomic mass is 79.9. The molecule has 0 bridgehead atoms. The van der Waals surface area contributed by atoms with Gasteiger partial charge in [-0.15, -0.1) is 0 Å². The highest BCUT2D eigenvalue weighted by Crippen LogP contribution is 2.30. The molecule has 0 fully saturated rings. The molecule has 0 unspecified atom stereocenters. The van der Waals surface area contributed by atoms with Crippen LogP contribution < -0.4 is 0 Å². The molecule has 0 amide bonds. The van der Waals surface area contributed by atoms with Crippen molar-refractivity contribution in [1.82, 2.24) is 10.2 Å². The summed E-state index contributed by atoms with van der Waals surface area (Å²) in [5.41, 5.74) is 1.61. The van der Waals surface area contributed by atoms with E-state index in [1.165, 1.54) is 6.07 Å². The first kappa shape index (κ1) is 9.14. The fourth-order valence-electron chi connectivity index (χ4n) is 1.29. The van der Waals surface area contributed by atoms with Gasteiger partial charge in [0.1, 0.15) is 0 Å². The number of nitro groups is 1. The Balaban J connectivity index is 2.80. The van der Waals surface area contributed by atoms with Crippen LogP contribution in [0.2, 0.25) is 0 Å². The minimum atomic E-state index is -0.421. The van der Waals surface area contributed by atoms with Crippen LogP contribution in [0.4, 0.5) is 5.69 Å². The van der Waals surface area contributed by atoms with E-state index in [2.05, 4.69) is 26.1 Å². The van der Waals surface area contributed by atoms with Gasteiger partial charge in [0.15, 0.2) is 0 Å². The molecule has 0 atom stereocenters. The lowest BCUT2D eigenvalue weighted by atomic mass is 10.2. The number of hydrogen-bond acceptors (Lipinski definition) is 3. The van der Waals surface area contributed by atoms with Gasteiger partial charge in [-0.3, -0.25) is 15.2 Å². The van der Waals surface area contributed by atoms with Crippen molar-refractivity contribution in [1.29, 1.82) is 0 Å². The van der Waals surface area contributed by atoms with Crippen molar-refractivity contribution in [3.05, 3.63) is 32.4 Å². The smallest absolute Gasteiger partial charge is 0.282 e. The Bertz CT molecular complexity index is 521. The Kier molecular flexibility index (Phi) is 1.99. The summed E-state index contributed by atoms with van der Waals surface area (Å²) >= 11 is 3.13. The van der Waals surface area contributed by atoms with Crippen LogP contribution in [0.1, 0.15) is 5.69 Å². The van der Waals surface area contributed by atoms with Crippen molar-refractivity contribution in [3.8, 4) is 0 Å². The number of aryl methyl sites for hydroxylation is 1. The standard InChI is InChI=1S/C8H6BrN3O2/c1-4-5-2-8(12(13)14)6(9)3-7(5)11-10-4/h2-3H,1H3,(H,10,11). The number of H-pyrrole nitrogens is 1. The molecular formula is C8H6BrN3O2. The van der Waals surface area contributed by atoms with E-state index in [0.29, 0.717) is 4.47 Å². The van der Waals surface area contributed by atoms with Crippen LogP contribution in [0.25, 0.3) is 10.9 Å². The third-order valence-electron chi connectivity index (χ3n) is 2.01. The maximum atomic E-state index is 10.6. The molecule has 0 aliphatic heterocycles. The van der Waals surface area contributed by atoms with Crippen molar-refractivity contribution in [2.75, 3.05) is 0 Å². The largest absolute Gasteiger partial charge is 0.284 e. The number of fused-ring (bicyclic) bond motifs is 1. The monoisotopic (exact) mass is 255 g/mol. The van der Waals surface area contributed by atoms with E-state index in [1.54, 1.807) is 6.07 Å². The molecular weight excluding hydrogens is 250 g/mol. The van der Waals surface area contributed by atoms with E-state index in [4.69, 9.17) is 0 Å². The van der Waals surface area contributed by atoms with Gasteiger partial charge < -0.3 is 0 Å². The molecule has 0 saturated carbocycles. The molecule has 1 aromatic heterocycles. The number of nitrogens with one attached hydrogen (secondary N) is 1. The lowest BCUT2D eigenvalue weighted by molar-refractivity contribution is -0.385. The molecule has 5 nitrogen and oxygen atoms in total. The van der Waals surface area contributed by atoms with Gasteiger partial charge in [-0.05, 0) is 28.9 Å². The second kappa shape index (κ2) is 3.06. The van der Waals surface area contributed by atoms with Gasteiger partial charge in [-0.1, -0.05) is 0 Å². The van der Waals surface area contributed by atoms with E-state index in [0.717, 1.165) is 16.6 Å². The average Bonchev–Trinajstić information content (AvgIpc) is 2.46. The topological polar surface area (TPSA) is 71.8 Å². The van der Waals surface area contributed by atoms with E-state index < -0.39 is 4.92 Å². The third kappa shape index (κ3) is 1.27. The first-order valence-electron chi connectivity index (χ1n) is 3.88. The minimum absolute atomic E-state index is 0.0574.